The average Bonchev–Trinajstić information content (AvgIpc) is 2.99. The quantitative estimate of drug-likeness (QED) is 0.155. The maximum atomic E-state index is 12.6. The molecule has 6 rings (SSSR count). The van der Waals surface area contributed by atoms with Gasteiger partial charge in [0.05, 0.1) is 0 Å². The van der Waals surface area contributed by atoms with E-state index in [-0.39, 0.29) is 10.8 Å². The minimum absolute atomic E-state index is 0.145. The van der Waals surface area contributed by atoms with Gasteiger partial charge in [-0.05, 0) is 77.9 Å². The van der Waals surface area contributed by atoms with Crippen molar-refractivity contribution in [3.63, 3.8) is 0 Å². The fourth-order valence-electron chi connectivity index (χ4n) is 5.71. The summed E-state index contributed by atoms with van der Waals surface area (Å²) in [5.74, 6) is -2.21. The van der Waals surface area contributed by atoms with Crippen LogP contribution in [0.4, 0.5) is 8.78 Å². The predicted molar refractivity (Wildman–Crippen MR) is 186 cm³/mol. The maximum Gasteiger partial charge on any atom is 0.297 e. The Labute approximate surface area is 270 Å². The lowest BCUT2D eigenvalue weighted by Gasteiger charge is -2.22. The second-order valence-electron chi connectivity index (χ2n) is 13.5. The van der Waals surface area contributed by atoms with Gasteiger partial charge in [0.15, 0.2) is 0 Å². The summed E-state index contributed by atoms with van der Waals surface area (Å²) in [6.07, 6.45) is 0. The molecule has 0 spiro atoms. The van der Waals surface area contributed by atoms with Crippen LogP contribution in [0, 0.1) is 11.6 Å². The summed E-state index contributed by atoms with van der Waals surface area (Å²) in [4.78, 5) is -0.927. The van der Waals surface area contributed by atoms with E-state index >= 15 is 0 Å². The summed E-state index contributed by atoms with van der Waals surface area (Å²) in [7, 11) is -4.59. The van der Waals surface area contributed by atoms with E-state index in [0.717, 1.165) is 6.07 Å². The molecule has 0 aliphatic rings. The van der Waals surface area contributed by atoms with E-state index in [1.807, 2.05) is 0 Å². The largest absolute Gasteiger partial charge is 0.297 e. The van der Waals surface area contributed by atoms with Crippen molar-refractivity contribution < 1.29 is 21.8 Å². The van der Waals surface area contributed by atoms with Crippen LogP contribution in [0.25, 0.3) is 43.8 Å². The zero-order valence-corrected chi connectivity index (χ0v) is 27.7. The third-order valence-electron chi connectivity index (χ3n) is 8.18. The van der Waals surface area contributed by atoms with Gasteiger partial charge in [0.25, 0.3) is 10.1 Å². The van der Waals surface area contributed by atoms with Crippen molar-refractivity contribution in [3.8, 4) is 22.3 Å². The Morgan fingerprint density at radius 2 is 0.870 bits per heavy atom. The first kappa shape index (κ1) is 33.0. The molecule has 0 unspecified atom stereocenters. The molecular weight excluding hydrogens is 599 g/mol. The van der Waals surface area contributed by atoms with Gasteiger partial charge in [-0.3, -0.25) is 4.55 Å². The highest BCUT2D eigenvalue weighted by Crippen LogP contribution is 2.44. The number of halogens is 2. The smallest absolute Gasteiger partial charge is 0.282 e. The summed E-state index contributed by atoms with van der Waals surface area (Å²) in [5.41, 5.74) is 8.20. The van der Waals surface area contributed by atoms with Crippen LogP contribution in [0.2, 0.25) is 0 Å². The summed E-state index contributed by atoms with van der Waals surface area (Å²) < 4.78 is 53.9. The molecule has 0 amide bonds. The molecule has 1 N–H and O–H groups in total. The first-order valence-electron chi connectivity index (χ1n) is 15.1. The molecule has 0 aliphatic carbocycles. The summed E-state index contributed by atoms with van der Waals surface area (Å²) in [5, 5.41) is 5.22. The Balaban J connectivity index is 0.000000293. The second-order valence-corrected chi connectivity index (χ2v) is 14.9. The van der Waals surface area contributed by atoms with Crippen molar-refractivity contribution in [2.75, 3.05) is 0 Å². The normalized spacial score (nSPS) is 12.2. The number of rotatable bonds is 3. The Morgan fingerprint density at radius 1 is 0.522 bits per heavy atom. The lowest BCUT2D eigenvalue weighted by atomic mass is 9.82. The van der Waals surface area contributed by atoms with Gasteiger partial charge in [-0.2, -0.15) is 8.42 Å². The summed E-state index contributed by atoms with van der Waals surface area (Å²) >= 11 is 0. The standard InChI is InChI=1S/C34H34.C6H4F2O3S/c1-33(2,3)25-19-15-23(16-20-25)31-27-11-7-9-13-29(27)32(30-14-10-8-12-28(30)31)24-17-21-26(22-18-24)34(4,5)6;7-4-1-2-6(5(8)3-4)12(9,10)11/h7-22H,1-6H3;1-3H,(H,9,10,11). The third kappa shape index (κ3) is 6.88. The Morgan fingerprint density at radius 3 is 1.15 bits per heavy atom. The fraction of sp³-hybridized carbons (Fsp3) is 0.200. The number of fused-ring (bicyclic) bond motifs is 2. The molecule has 0 heterocycles. The van der Waals surface area contributed by atoms with Crippen molar-refractivity contribution in [2.24, 2.45) is 0 Å². The molecule has 6 aromatic rings. The van der Waals surface area contributed by atoms with E-state index < -0.39 is 26.6 Å². The number of benzene rings is 6. The van der Waals surface area contributed by atoms with Crippen molar-refractivity contribution in [1.82, 2.24) is 0 Å². The molecule has 0 atom stereocenters. The van der Waals surface area contributed by atoms with E-state index in [2.05, 4.69) is 139 Å². The number of hydrogen-bond donors (Lipinski definition) is 1. The fourth-order valence-corrected chi connectivity index (χ4v) is 6.25. The van der Waals surface area contributed by atoms with Crippen LogP contribution in [-0.4, -0.2) is 13.0 Å². The highest BCUT2D eigenvalue weighted by Gasteiger charge is 2.19. The molecule has 46 heavy (non-hydrogen) atoms. The molecule has 6 aromatic carbocycles. The van der Waals surface area contributed by atoms with Gasteiger partial charge in [-0.15, -0.1) is 0 Å². The Kier molecular flexibility index (Phi) is 8.91. The van der Waals surface area contributed by atoms with Gasteiger partial charge < -0.3 is 0 Å². The molecule has 6 heteroatoms. The van der Waals surface area contributed by atoms with Gasteiger partial charge in [0.1, 0.15) is 16.5 Å². The SMILES string of the molecule is CC(C)(C)c1ccc(-c2c3ccccc3c(-c3ccc(C(C)(C)C)cc3)c3ccccc23)cc1.O=S(=O)(O)c1ccc(F)cc1F. The lowest BCUT2D eigenvalue weighted by molar-refractivity contribution is 0.471. The highest BCUT2D eigenvalue weighted by molar-refractivity contribution is 7.85. The van der Waals surface area contributed by atoms with Gasteiger partial charge in [-0.1, -0.05) is 139 Å². The molecule has 0 saturated heterocycles. The molecule has 236 valence electrons. The average molecular weight is 637 g/mol. The van der Waals surface area contributed by atoms with Crippen molar-refractivity contribution in [2.45, 2.75) is 57.3 Å². The minimum atomic E-state index is -4.59. The monoisotopic (exact) mass is 636 g/mol. The first-order chi connectivity index (χ1) is 21.6. The zero-order valence-electron chi connectivity index (χ0n) is 26.9. The molecule has 3 nitrogen and oxygen atoms in total. The van der Waals surface area contributed by atoms with Gasteiger partial charge in [-0.25, -0.2) is 8.78 Å². The lowest BCUT2D eigenvalue weighted by Crippen LogP contribution is -2.10. The van der Waals surface area contributed by atoms with Crippen molar-refractivity contribution >= 4 is 31.7 Å². The van der Waals surface area contributed by atoms with Crippen LogP contribution >= 0.6 is 0 Å². The van der Waals surface area contributed by atoms with Crippen LogP contribution < -0.4 is 0 Å². The van der Waals surface area contributed by atoms with Crippen LogP contribution in [-0.2, 0) is 20.9 Å². The second kappa shape index (κ2) is 12.4. The Hall–Kier alpha value is -4.39. The molecule has 0 aromatic heterocycles. The summed E-state index contributed by atoms with van der Waals surface area (Å²) in [6.45, 7) is 13.6. The van der Waals surface area contributed by atoms with Crippen molar-refractivity contribution in [1.29, 1.82) is 0 Å². The van der Waals surface area contributed by atoms with Crippen LogP contribution in [0.3, 0.4) is 0 Å². The molecular formula is C40H38F2O3S. The Bertz CT molecular complexity index is 1970. The van der Waals surface area contributed by atoms with Gasteiger partial charge >= 0.3 is 0 Å². The maximum absolute atomic E-state index is 12.6. The first-order valence-corrected chi connectivity index (χ1v) is 16.6. The minimum Gasteiger partial charge on any atom is -0.282 e. The van der Waals surface area contributed by atoms with Gasteiger partial charge in [0.2, 0.25) is 0 Å². The van der Waals surface area contributed by atoms with Crippen LogP contribution in [0.1, 0.15) is 52.7 Å². The van der Waals surface area contributed by atoms with Crippen LogP contribution in [0.15, 0.2) is 120 Å². The molecule has 0 aliphatic heterocycles. The van der Waals surface area contributed by atoms with Gasteiger partial charge in [0, 0.05) is 6.07 Å². The third-order valence-corrected chi connectivity index (χ3v) is 9.07. The molecule has 0 saturated carbocycles. The van der Waals surface area contributed by atoms with E-state index in [9.17, 15) is 17.2 Å². The van der Waals surface area contributed by atoms with E-state index in [4.69, 9.17) is 4.55 Å². The topological polar surface area (TPSA) is 54.4 Å². The van der Waals surface area contributed by atoms with Crippen molar-refractivity contribution in [3.05, 3.63) is 138 Å². The zero-order chi connectivity index (χ0) is 33.4. The van der Waals surface area contributed by atoms with E-state index in [1.54, 1.807) is 0 Å². The highest BCUT2D eigenvalue weighted by atomic mass is 32.2. The summed E-state index contributed by atoms with van der Waals surface area (Å²) in [6, 6.07) is 37.9. The van der Waals surface area contributed by atoms with Crippen LogP contribution in [0.5, 0.6) is 0 Å². The molecule has 0 radical (unpaired) electrons. The van der Waals surface area contributed by atoms with E-state index in [1.165, 1.54) is 54.9 Å². The molecule has 0 bridgehead atoms. The predicted octanol–water partition coefficient (Wildman–Crippen LogP) is 11.1. The van der Waals surface area contributed by atoms with E-state index in [0.29, 0.717) is 12.1 Å². The number of hydrogen-bond acceptors (Lipinski definition) is 2. The molecule has 0 fully saturated rings.